The molecule has 2 N–H and O–H groups in total. The van der Waals surface area contributed by atoms with Crippen LogP contribution in [-0.2, 0) is 6.54 Å². The molecule has 7 nitrogen and oxygen atoms in total. The number of thiophene rings is 1. The van der Waals surface area contributed by atoms with Crippen molar-refractivity contribution in [2.45, 2.75) is 13.5 Å². The summed E-state index contributed by atoms with van der Waals surface area (Å²) in [5.41, 5.74) is 1.14. The van der Waals surface area contributed by atoms with Crippen molar-refractivity contribution in [1.29, 1.82) is 0 Å². The lowest BCUT2D eigenvalue weighted by molar-refractivity contribution is 0.0941. The third kappa shape index (κ3) is 2.59. The molecule has 0 unspecified atom stereocenters. The van der Waals surface area contributed by atoms with E-state index in [1.807, 2.05) is 17.5 Å². The van der Waals surface area contributed by atoms with Crippen LogP contribution < -0.4 is 5.32 Å². The highest BCUT2D eigenvalue weighted by molar-refractivity contribution is 7.13. The predicted octanol–water partition coefficient (Wildman–Crippen LogP) is 1.76. The van der Waals surface area contributed by atoms with Crippen molar-refractivity contribution in [3.8, 4) is 10.6 Å². The minimum Gasteiger partial charge on any atom is -0.342 e. The molecule has 0 aromatic carbocycles. The van der Waals surface area contributed by atoms with Crippen LogP contribution in [0.15, 0.2) is 28.1 Å². The van der Waals surface area contributed by atoms with E-state index in [-0.39, 0.29) is 12.5 Å². The first-order valence-corrected chi connectivity index (χ1v) is 6.77. The molecule has 0 spiro atoms. The lowest BCUT2D eigenvalue weighted by atomic mass is 10.3. The summed E-state index contributed by atoms with van der Waals surface area (Å²) >= 11 is 1.58. The van der Waals surface area contributed by atoms with E-state index in [2.05, 4.69) is 25.7 Å². The second-order valence-electron chi connectivity index (χ2n) is 4.06. The Morgan fingerprint density at radius 3 is 3.15 bits per heavy atom. The highest BCUT2D eigenvalue weighted by atomic mass is 32.1. The van der Waals surface area contributed by atoms with Gasteiger partial charge in [0.15, 0.2) is 11.5 Å². The number of aromatic nitrogens is 4. The molecule has 8 heteroatoms. The summed E-state index contributed by atoms with van der Waals surface area (Å²) in [6, 6.07) is 5.61. The number of carbonyl (C=O) groups excluding carboxylic acids is 1. The Morgan fingerprint density at radius 2 is 2.45 bits per heavy atom. The van der Waals surface area contributed by atoms with Gasteiger partial charge < -0.3 is 9.84 Å². The maximum absolute atomic E-state index is 11.9. The van der Waals surface area contributed by atoms with Crippen molar-refractivity contribution in [2.75, 3.05) is 0 Å². The number of hydrogen-bond acceptors (Lipinski definition) is 6. The lowest BCUT2D eigenvalue weighted by Crippen LogP contribution is -2.23. The van der Waals surface area contributed by atoms with Crippen LogP contribution in [0.1, 0.15) is 22.2 Å². The van der Waals surface area contributed by atoms with Gasteiger partial charge in [-0.1, -0.05) is 11.2 Å². The van der Waals surface area contributed by atoms with Gasteiger partial charge in [0.1, 0.15) is 0 Å². The van der Waals surface area contributed by atoms with Crippen LogP contribution >= 0.6 is 11.3 Å². The van der Waals surface area contributed by atoms with Crippen LogP contribution in [0.5, 0.6) is 0 Å². The van der Waals surface area contributed by atoms with Crippen molar-refractivity contribution in [2.24, 2.45) is 0 Å². The third-order valence-corrected chi connectivity index (χ3v) is 3.47. The van der Waals surface area contributed by atoms with E-state index in [1.54, 1.807) is 24.3 Å². The molecule has 3 rings (SSSR count). The molecule has 0 aliphatic rings. The molecule has 0 aliphatic heterocycles. The standard InChI is InChI=1S/C12H11N5O2S/c1-7-14-11(19-17-7)6-13-12(18)9-5-8(15-16-9)10-3-2-4-20-10/h2-5H,6H2,1H3,(H,13,18)(H,15,16). The number of aromatic amines is 1. The Labute approximate surface area is 118 Å². The molecule has 0 aliphatic carbocycles. The molecule has 0 bridgehead atoms. The molecule has 102 valence electrons. The van der Waals surface area contributed by atoms with Crippen LogP contribution in [0.25, 0.3) is 10.6 Å². The van der Waals surface area contributed by atoms with E-state index < -0.39 is 0 Å². The monoisotopic (exact) mass is 289 g/mol. The first-order chi connectivity index (χ1) is 9.72. The number of hydrogen-bond donors (Lipinski definition) is 2. The summed E-state index contributed by atoms with van der Waals surface area (Å²) in [4.78, 5) is 17.0. The smallest absolute Gasteiger partial charge is 0.272 e. The molecule has 1 amide bonds. The highest BCUT2D eigenvalue weighted by Crippen LogP contribution is 2.22. The molecule has 0 saturated heterocycles. The van der Waals surface area contributed by atoms with E-state index in [4.69, 9.17) is 4.52 Å². The molecule has 0 atom stereocenters. The molecule has 0 fully saturated rings. The first-order valence-electron chi connectivity index (χ1n) is 5.89. The fourth-order valence-corrected chi connectivity index (χ4v) is 2.35. The molecule has 3 aromatic heterocycles. The van der Waals surface area contributed by atoms with Crippen LogP contribution in [0.2, 0.25) is 0 Å². The summed E-state index contributed by atoms with van der Waals surface area (Å²) < 4.78 is 4.91. The lowest BCUT2D eigenvalue weighted by Gasteiger charge is -1.97. The van der Waals surface area contributed by atoms with Crippen molar-refractivity contribution in [3.63, 3.8) is 0 Å². The molecule has 3 aromatic rings. The molecule has 20 heavy (non-hydrogen) atoms. The summed E-state index contributed by atoms with van der Waals surface area (Å²) in [5.74, 6) is 0.610. The number of rotatable bonds is 4. The number of H-pyrrole nitrogens is 1. The largest absolute Gasteiger partial charge is 0.342 e. The number of aryl methyl sites for hydroxylation is 1. The zero-order valence-corrected chi connectivity index (χ0v) is 11.4. The normalized spacial score (nSPS) is 10.7. The van der Waals surface area contributed by atoms with Gasteiger partial charge in [-0.2, -0.15) is 10.1 Å². The Hall–Kier alpha value is -2.48. The van der Waals surface area contributed by atoms with Crippen LogP contribution in [-0.4, -0.2) is 26.2 Å². The minimum atomic E-state index is -0.292. The van der Waals surface area contributed by atoms with E-state index in [0.717, 1.165) is 10.6 Å². The van der Waals surface area contributed by atoms with Gasteiger partial charge in [0, 0.05) is 0 Å². The average molecular weight is 289 g/mol. The third-order valence-electron chi connectivity index (χ3n) is 2.57. The van der Waals surface area contributed by atoms with E-state index in [1.165, 1.54) is 0 Å². The zero-order chi connectivity index (χ0) is 13.9. The van der Waals surface area contributed by atoms with Gasteiger partial charge in [-0.15, -0.1) is 11.3 Å². The van der Waals surface area contributed by atoms with Gasteiger partial charge in [0.25, 0.3) is 5.91 Å². The van der Waals surface area contributed by atoms with Gasteiger partial charge in [0.05, 0.1) is 17.1 Å². The van der Waals surface area contributed by atoms with Crippen molar-refractivity contribution in [3.05, 3.63) is 41.0 Å². The van der Waals surface area contributed by atoms with Gasteiger partial charge in [-0.05, 0) is 24.4 Å². The summed E-state index contributed by atoms with van der Waals surface area (Å²) in [6.45, 7) is 1.90. The van der Waals surface area contributed by atoms with Crippen LogP contribution in [0, 0.1) is 6.92 Å². The van der Waals surface area contributed by atoms with Gasteiger partial charge in [0.2, 0.25) is 5.89 Å². The molecular weight excluding hydrogens is 278 g/mol. The first kappa shape index (κ1) is 12.5. The van der Waals surface area contributed by atoms with E-state index in [9.17, 15) is 4.79 Å². The number of carbonyl (C=O) groups is 1. The fraction of sp³-hybridized carbons (Fsp3) is 0.167. The van der Waals surface area contributed by atoms with Crippen molar-refractivity contribution in [1.82, 2.24) is 25.7 Å². The SMILES string of the molecule is Cc1noc(CNC(=O)c2cc(-c3cccs3)[nH]n2)n1. The molecule has 0 saturated carbocycles. The summed E-state index contributed by atoms with van der Waals surface area (Å²) in [5, 5.41) is 15.1. The van der Waals surface area contributed by atoms with Gasteiger partial charge >= 0.3 is 0 Å². The van der Waals surface area contributed by atoms with Gasteiger partial charge in [-0.25, -0.2) is 0 Å². The number of nitrogens with zero attached hydrogens (tertiary/aromatic N) is 3. The average Bonchev–Trinajstić information content (AvgIpc) is 3.16. The fourth-order valence-electron chi connectivity index (χ4n) is 1.65. The summed E-state index contributed by atoms with van der Waals surface area (Å²) in [6.07, 6.45) is 0. The number of amides is 1. The second-order valence-corrected chi connectivity index (χ2v) is 5.01. The maximum Gasteiger partial charge on any atom is 0.272 e. The number of nitrogens with one attached hydrogen (secondary N) is 2. The second kappa shape index (κ2) is 5.25. The zero-order valence-electron chi connectivity index (χ0n) is 10.6. The Bertz CT molecular complexity index is 716. The Balaban J connectivity index is 1.65. The van der Waals surface area contributed by atoms with Gasteiger partial charge in [-0.3, -0.25) is 9.89 Å². The van der Waals surface area contributed by atoms with E-state index >= 15 is 0 Å². The topological polar surface area (TPSA) is 96.7 Å². The minimum absolute atomic E-state index is 0.181. The van der Waals surface area contributed by atoms with Crippen molar-refractivity contribution >= 4 is 17.2 Å². The highest BCUT2D eigenvalue weighted by Gasteiger charge is 2.13. The molecule has 0 radical (unpaired) electrons. The molecular formula is C12H11N5O2S. The Morgan fingerprint density at radius 1 is 1.55 bits per heavy atom. The quantitative estimate of drug-likeness (QED) is 0.762. The maximum atomic E-state index is 11.9. The Kier molecular flexibility index (Phi) is 3.30. The summed E-state index contributed by atoms with van der Waals surface area (Å²) in [7, 11) is 0. The van der Waals surface area contributed by atoms with Crippen LogP contribution in [0.3, 0.4) is 0 Å². The molecule has 3 heterocycles. The van der Waals surface area contributed by atoms with Crippen molar-refractivity contribution < 1.29 is 9.32 Å². The van der Waals surface area contributed by atoms with E-state index in [0.29, 0.717) is 17.4 Å². The van der Waals surface area contributed by atoms with Crippen LogP contribution in [0.4, 0.5) is 0 Å². The predicted molar refractivity (Wildman–Crippen MR) is 72.1 cm³/mol.